The number of hydrogen-bond donors (Lipinski definition) is 1. The van der Waals surface area contributed by atoms with E-state index in [1.54, 1.807) is 7.11 Å². The Bertz CT molecular complexity index is 511. The molecule has 0 saturated carbocycles. The molecule has 0 aliphatic carbocycles. The van der Waals surface area contributed by atoms with Gasteiger partial charge in [-0.05, 0) is 31.9 Å². The zero-order chi connectivity index (χ0) is 16.7. The predicted octanol–water partition coefficient (Wildman–Crippen LogP) is 1.85. The van der Waals surface area contributed by atoms with Crippen LogP contribution in [0.5, 0.6) is 5.75 Å². The Hall–Kier alpha value is -1.59. The Morgan fingerprint density at radius 1 is 1.30 bits per heavy atom. The number of aryl methyl sites for hydroxylation is 1. The van der Waals surface area contributed by atoms with Crippen molar-refractivity contribution in [2.45, 2.75) is 32.2 Å². The summed E-state index contributed by atoms with van der Waals surface area (Å²) in [5.74, 6) is 0.922. The number of amides is 1. The van der Waals surface area contributed by atoms with E-state index in [0.29, 0.717) is 19.4 Å². The molecule has 1 saturated heterocycles. The molecular weight excluding hydrogens is 292 g/mol. The maximum absolute atomic E-state index is 12.2. The first-order chi connectivity index (χ1) is 11.0. The van der Waals surface area contributed by atoms with E-state index in [2.05, 4.69) is 24.1 Å². The van der Waals surface area contributed by atoms with Gasteiger partial charge in [-0.25, -0.2) is 0 Å². The lowest BCUT2D eigenvalue weighted by atomic mass is 10.0. The van der Waals surface area contributed by atoms with Crippen LogP contribution in [-0.4, -0.2) is 56.3 Å². The number of ether oxygens (including phenoxy) is 2. The highest BCUT2D eigenvalue weighted by atomic mass is 16.5. The van der Waals surface area contributed by atoms with Crippen molar-refractivity contribution in [1.82, 2.24) is 10.2 Å². The topological polar surface area (TPSA) is 50.8 Å². The fourth-order valence-electron chi connectivity index (χ4n) is 2.84. The highest BCUT2D eigenvalue weighted by Gasteiger charge is 2.28. The van der Waals surface area contributed by atoms with E-state index < -0.39 is 0 Å². The smallest absolute Gasteiger partial charge is 0.220 e. The SMILES string of the molecule is COc1ccccc1CCC(=O)NCC(C)(C)N1CCOCC1. The summed E-state index contributed by atoms with van der Waals surface area (Å²) in [6, 6.07) is 7.84. The number of carbonyl (C=O) groups excluding carboxylic acids is 1. The van der Waals surface area contributed by atoms with Crippen LogP contribution in [0.1, 0.15) is 25.8 Å². The molecule has 0 bridgehead atoms. The molecule has 5 nitrogen and oxygen atoms in total. The molecule has 0 radical (unpaired) electrons. The van der Waals surface area contributed by atoms with E-state index in [0.717, 1.165) is 37.6 Å². The molecular formula is C18H28N2O3. The van der Waals surface area contributed by atoms with Crippen LogP contribution in [-0.2, 0) is 16.0 Å². The maximum Gasteiger partial charge on any atom is 0.220 e. The summed E-state index contributed by atoms with van der Waals surface area (Å²) in [7, 11) is 1.66. The van der Waals surface area contributed by atoms with Gasteiger partial charge in [0.1, 0.15) is 5.75 Å². The molecule has 1 aromatic carbocycles. The third-order valence-corrected chi connectivity index (χ3v) is 4.40. The quantitative estimate of drug-likeness (QED) is 0.833. The van der Waals surface area contributed by atoms with Crippen molar-refractivity contribution in [3.63, 3.8) is 0 Å². The third kappa shape index (κ3) is 5.22. The Labute approximate surface area is 139 Å². The number of morpholine rings is 1. The normalized spacial score (nSPS) is 16.1. The van der Waals surface area contributed by atoms with Gasteiger partial charge < -0.3 is 14.8 Å². The predicted molar refractivity (Wildman–Crippen MR) is 90.8 cm³/mol. The monoisotopic (exact) mass is 320 g/mol. The molecule has 1 N–H and O–H groups in total. The van der Waals surface area contributed by atoms with Gasteiger partial charge in [-0.2, -0.15) is 0 Å². The Kier molecular flexibility index (Phi) is 6.42. The Morgan fingerprint density at radius 3 is 2.70 bits per heavy atom. The number of nitrogens with one attached hydrogen (secondary N) is 1. The van der Waals surface area contributed by atoms with Crippen LogP contribution >= 0.6 is 0 Å². The zero-order valence-electron chi connectivity index (χ0n) is 14.4. The van der Waals surface area contributed by atoms with Crippen LogP contribution in [0, 0.1) is 0 Å². The van der Waals surface area contributed by atoms with Gasteiger partial charge in [0.2, 0.25) is 5.91 Å². The van der Waals surface area contributed by atoms with Crippen molar-refractivity contribution in [3.8, 4) is 5.75 Å². The standard InChI is InChI=1S/C18H28N2O3/c1-18(2,20-10-12-23-13-11-20)14-19-17(21)9-8-15-6-4-5-7-16(15)22-3/h4-7H,8-14H2,1-3H3,(H,19,21). The molecule has 1 amide bonds. The number of rotatable bonds is 7. The van der Waals surface area contributed by atoms with E-state index in [-0.39, 0.29) is 11.4 Å². The highest BCUT2D eigenvalue weighted by molar-refractivity contribution is 5.76. The molecule has 128 valence electrons. The Morgan fingerprint density at radius 2 is 2.00 bits per heavy atom. The molecule has 0 unspecified atom stereocenters. The molecule has 0 aromatic heterocycles. The fourth-order valence-corrected chi connectivity index (χ4v) is 2.84. The molecule has 1 aliphatic rings. The minimum atomic E-state index is -0.0517. The van der Waals surface area contributed by atoms with Gasteiger partial charge in [0.05, 0.1) is 20.3 Å². The van der Waals surface area contributed by atoms with E-state index in [4.69, 9.17) is 9.47 Å². The highest BCUT2D eigenvalue weighted by Crippen LogP contribution is 2.19. The van der Waals surface area contributed by atoms with Crippen molar-refractivity contribution in [3.05, 3.63) is 29.8 Å². The maximum atomic E-state index is 12.2. The second kappa shape index (κ2) is 8.31. The summed E-state index contributed by atoms with van der Waals surface area (Å²) in [5, 5.41) is 3.07. The van der Waals surface area contributed by atoms with E-state index in [9.17, 15) is 4.79 Å². The van der Waals surface area contributed by atoms with E-state index in [1.807, 2.05) is 24.3 Å². The van der Waals surface area contributed by atoms with Gasteiger partial charge in [0, 0.05) is 31.6 Å². The lowest BCUT2D eigenvalue weighted by Crippen LogP contribution is -2.55. The van der Waals surface area contributed by atoms with Crippen LogP contribution in [0.25, 0.3) is 0 Å². The van der Waals surface area contributed by atoms with Crippen molar-refractivity contribution in [2.24, 2.45) is 0 Å². The van der Waals surface area contributed by atoms with Gasteiger partial charge in [-0.1, -0.05) is 18.2 Å². The van der Waals surface area contributed by atoms with Gasteiger partial charge in [-0.3, -0.25) is 9.69 Å². The molecule has 5 heteroatoms. The molecule has 1 aromatic rings. The fraction of sp³-hybridized carbons (Fsp3) is 0.611. The molecule has 1 heterocycles. The molecule has 1 fully saturated rings. The summed E-state index contributed by atoms with van der Waals surface area (Å²) < 4.78 is 10.7. The number of methoxy groups -OCH3 is 1. The molecule has 2 rings (SSSR count). The molecule has 1 aliphatic heterocycles. The summed E-state index contributed by atoms with van der Waals surface area (Å²) >= 11 is 0. The van der Waals surface area contributed by atoms with Crippen LogP contribution in [0.2, 0.25) is 0 Å². The minimum Gasteiger partial charge on any atom is -0.496 e. The Balaban J connectivity index is 1.78. The molecule has 0 spiro atoms. The molecule has 23 heavy (non-hydrogen) atoms. The van der Waals surface area contributed by atoms with Gasteiger partial charge in [0.15, 0.2) is 0 Å². The summed E-state index contributed by atoms with van der Waals surface area (Å²) in [6.45, 7) is 8.36. The van der Waals surface area contributed by atoms with Crippen molar-refractivity contribution < 1.29 is 14.3 Å². The van der Waals surface area contributed by atoms with Gasteiger partial charge >= 0.3 is 0 Å². The largest absolute Gasteiger partial charge is 0.496 e. The lowest BCUT2D eigenvalue weighted by molar-refractivity contribution is -0.121. The average molecular weight is 320 g/mol. The number of para-hydroxylation sites is 1. The minimum absolute atomic E-state index is 0.0517. The van der Waals surface area contributed by atoms with E-state index >= 15 is 0 Å². The third-order valence-electron chi connectivity index (χ3n) is 4.40. The average Bonchev–Trinajstić information content (AvgIpc) is 2.59. The number of benzene rings is 1. The van der Waals surface area contributed by atoms with Crippen molar-refractivity contribution >= 4 is 5.91 Å². The summed E-state index contributed by atoms with van der Waals surface area (Å²) in [6.07, 6.45) is 1.16. The second-order valence-corrected chi connectivity index (χ2v) is 6.50. The van der Waals surface area contributed by atoms with Crippen LogP contribution in [0.3, 0.4) is 0 Å². The summed E-state index contributed by atoms with van der Waals surface area (Å²) in [4.78, 5) is 14.5. The van der Waals surface area contributed by atoms with Crippen LogP contribution in [0.15, 0.2) is 24.3 Å². The lowest BCUT2D eigenvalue weighted by Gasteiger charge is -2.40. The molecule has 0 atom stereocenters. The number of hydrogen-bond acceptors (Lipinski definition) is 4. The van der Waals surface area contributed by atoms with Crippen molar-refractivity contribution in [1.29, 1.82) is 0 Å². The summed E-state index contributed by atoms with van der Waals surface area (Å²) in [5.41, 5.74) is 1.02. The van der Waals surface area contributed by atoms with Gasteiger partial charge in [0.25, 0.3) is 0 Å². The number of nitrogens with zero attached hydrogens (tertiary/aromatic N) is 1. The first-order valence-electron chi connectivity index (χ1n) is 8.24. The number of carbonyl (C=O) groups is 1. The van der Waals surface area contributed by atoms with Crippen molar-refractivity contribution in [2.75, 3.05) is 40.0 Å². The second-order valence-electron chi connectivity index (χ2n) is 6.50. The first-order valence-corrected chi connectivity index (χ1v) is 8.24. The first kappa shape index (κ1) is 17.8. The zero-order valence-corrected chi connectivity index (χ0v) is 14.4. The van der Waals surface area contributed by atoms with Crippen LogP contribution < -0.4 is 10.1 Å². The van der Waals surface area contributed by atoms with Gasteiger partial charge in [-0.15, -0.1) is 0 Å². The van der Waals surface area contributed by atoms with Crippen LogP contribution in [0.4, 0.5) is 0 Å². The van der Waals surface area contributed by atoms with E-state index in [1.165, 1.54) is 0 Å².